The van der Waals surface area contributed by atoms with Crippen LogP contribution in [0.5, 0.6) is 0 Å². The zero-order valence-corrected chi connectivity index (χ0v) is 11.6. The van der Waals surface area contributed by atoms with Gasteiger partial charge in [-0.05, 0) is 18.7 Å². The molecule has 0 spiro atoms. The fourth-order valence-corrected chi connectivity index (χ4v) is 2.50. The predicted octanol–water partition coefficient (Wildman–Crippen LogP) is 1.94. The lowest BCUT2D eigenvalue weighted by Gasteiger charge is -2.15. The fourth-order valence-electron chi connectivity index (χ4n) is 1.67. The summed E-state index contributed by atoms with van der Waals surface area (Å²) in [6, 6.07) is 4.04. The molecular weight excluding hydrogens is 244 g/mol. The molecule has 0 aliphatic heterocycles. The molecule has 2 rings (SSSR count). The summed E-state index contributed by atoms with van der Waals surface area (Å²) in [4.78, 5) is 10.9. The highest BCUT2D eigenvalue weighted by molar-refractivity contribution is 7.13. The van der Waals surface area contributed by atoms with Crippen molar-refractivity contribution >= 4 is 16.5 Å². The van der Waals surface area contributed by atoms with Crippen LogP contribution in [0.15, 0.2) is 29.9 Å². The maximum atomic E-state index is 4.63. The molecule has 2 aromatic rings. The van der Waals surface area contributed by atoms with Gasteiger partial charge in [0.15, 0.2) is 5.13 Å². The Morgan fingerprint density at radius 3 is 3.06 bits per heavy atom. The van der Waals surface area contributed by atoms with Gasteiger partial charge in [0, 0.05) is 44.3 Å². The maximum absolute atomic E-state index is 4.63. The van der Waals surface area contributed by atoms with E-state index in [1.807, 2.05) is 19.3 Å². The summed E-state index contributed by atoms with van der Waals surface area (Å²) >= 11 is 1.69. The van der Waals surface area contributed by atoms with Crippen LogP contribution in [0.2, 0.25) is 0 Å². The number of hydrogen-bond acceptors (Lipinski definition) is 5. The smallest absolute Gasteiger partial charge is 0.185 e. The zero-order valence-electron chi connectivity index (χ0n) is 10.8. The number of aromatic nitrogens is 2. The third kappa shape index (κ3) is 3.51. The van der Waals surface area contributed by atoms with Gasteiger partial charge in [-0.15, -0.1) is 11.3 Å². The molecule has 0 saturated carbocycles. The molecule has 5 heteroatoms. The third-order valence-electron chi connectivity index (χ3n) is 2.64. The highest BCUT2D eigenvalue weighted by atomic mass is 32.1. The van der Waals surface area contributed by atoms with E-state index in [4.69, 9.17) is 0 Å². The maximum Gasteiger partial charge on any atom is 0.185 e. The van der Waals surface area contributed by atoms with Crippen molar-refractivity contribution in [3.63, 3.8) is 0 Å². The molecule has 2 aromatic heterocycles. The van der Waals surface area contributed by atoms with Crippen molar-refractivity contribution in [3.8, 4) is 0 Å². The number of pyridine rings is 1. The molecule has 0 aliphatic carbocycles. The number of nitrogens with zero attached hydrogens (tertiary/aromatic N) is 3. The lowest BCUT2D eigenvalue weighted by atomic mass is 10.3. The van der Waals surface area contributed by atoms with Crippen LogP contribution < -0.4 is 10.2 Å². The van der Waals surface area contributed by atoms with Gasteiger partial charge in [-0.25, -0.2) is 4.98 Å². The summed E-state index contributed by atoms with van der Waals surface area (Å²) in [7, 11) is 4.02. The first-order valence-electron chi connectivity index (χ1n) is 5.98. The quantitative estimate of drug-likeness (QED) is 0.864. The number of nitrogens with one attached hydrogen (secondary N) is 1. The molecule has 2 heterocycles. The summed E-state index contributed by atoms with van der Waals surface area (Å²) in [5.41, 5.74) is 2.36. The van der Waals surface area contributed by atoms with Gasteiger partial charge >= 0.3 is 0 Å². The Bertz CT molecular complexity index is 469. The van der Waals surface area contributed by atoms with Gasteiger partial charge in [0.25, 0.3) is 0 Å². The van der Waals surface area contributed by atoms with Crippen molar-refractivity contribution in [3.05, 3.63) is 41.2 Å². The number of thiazole rings is 1. The zero-order chi connectivity index (χ0) is 12.8. The van der Waals surface area contributed by atoms with E-state index in [0.717, 1.165) is 30.3 Å². The molecule has 0 aliphatic rings. The first-order chi connectivity index (χ1) is 8.79. The summed E-state index contributed by atoms with van der Waals surface area (Å²) in [6.07, 6.45) is 4.67. The monoisotopic (exact) mass is 262 g/mol. The Balaban J connectivity index is 1.96. The number of rotatable bonds is 6. The Labute approximate surface area is 112 Å². The predicted molar refractivity (Wildman–Crippen MR) is 76.1 cm³/mol. The van der Waals surface area contributed by atoms with Crippen LogP contribution in [0.4, 0.5) is 5.13 Å². The van der Waals surface area contributed by atoms with Crippen LogP contribution in [0.3, 0.4) is 0 Å². The second kappa shape index (κ2) is 6.47. The molecule has 0 amide bonds. The van der Waals surface area contributed by atoms with Gasteiger partial charge in [-0.3, -0.25) is 4.98 Å². The van der Waals surface area contributed by atoms with Crippen molar-refractivity contribution in [2.24, 2.45) is 0 Å². The first kappa shape index (κ1) is 13.0. The molecule has 0 bridgehead atoms. The van der Waals surface area contributed by atoms with Gasteiger partial charge in [0.05, 0.1) is 5.69 Å². The fraction of sp³-hybridized carbons (Fsp3) is 0.385. The average molecular weight is 262 g/mol. The molecule has 4 nitrogen and oxygen atoms in total. The molecule has 0 saturated heterocycles. The van der Waals surface area contributed by atoms with E-state index in [2.05, 4.69) is 38.7 Å². The van der Waals surface area contributed by atoms with E-state index < -0.39 is 0 Å². The molecule has 0 radical (unpaired) electrons. The van der Waals surface area contributed by atoms with E-state index in [-0.39, 0.29) is 0 Å². The normalized spacial score (nSPS) is 10.6. The molecular formula is C13H18N4S. The Kier molecular flexibility index (Phi) is 4.66. The van der Waals surface area contributed by atoms with Crippen LogP contribution in [0.25, 0.3) is 0 Å². The van der Waals surface area contributed by atoms with Crippen molar-refractivity contribution in [1.29, 1.82) is 0 Å². The van der Waals surface area contributed by atoms with Crippen LogP contribution >= 0.6 is 11.3 Å². The Morgan fingerprint density at radius 2 is 2.33 bits per heavy atom. The first-order valence-corrected chi connectivity index (χ1v) is 6.86. The van der Waals surface area contributed by atoms with Crippen molar-refractivity contribution in [2.45, 2.75) is 13.0 Å². The van der Waals surface area contributed by atoms with E-state index in [0.29, 0.717) is 0 Å². The molecule has 1 N–H and O–H groups in total. The molecule has 0 unspecified atom stereocenters. The van der Waals surface area contributed by atoms with Crippen molar-refractivity contribution in [1.82, 2.24) is 15.3 Å². The SMILES string of the molecule is CNCCc1csc(N(C)Cc2cccnc2)n1. The number of hydrogen-bond donors (Lipinski definition) is 1. The van der Waals surface area contributed by atoms with Gasteiger partial charge in [-0.1, -0.05) is 6.07 Å². The van der Waals surface area contributed by atoms with Gasteiger partial charge in [-0.2, -0.15) is 0 Å². The lowest BCUT2D eigenvalue weighted by molar-refractivity contribution is 0.777. The topological polar surface area (TPSA) is 41.0 Å². The van der Waals surface area contributed by atoms with E-state index in [9.17, 15) is 0 Å². The van der Waals surface area contributed by atoms with Gasteiger partial charge < -0.3 is 10.2 Å². The highest BCUT2D eigenvalue weighted by Gasteiger charge is 2.07. The molecule has 0 aromatic carbocycles. The van der Waals surface area contributed by atoms with Crippen LogP contribution in [0.1, 0.15) is 11.3 Å². The van der Waals surface area contributed by atoms with E-state index >= 15 is 0 Å². The van der Waals surface area contributed by atoms with E-state index in [1.54, 1.807) is 17.5 Å². The van der Waals surface area contributed by atoms with Crippen LogP contribution in [-0.4, -0.2) is 30.6 Å². The van der Waals surface area contributed by atoms with Gasteiger partial charge in [0.1, 0.15) is 0 Å². The molecule has 0 atom stereocenters. The summed E-state index contributed by atoms with van der Waals surface area (Å²) in [5.74, 6) is 0. The summed E-state index contributed by atoms with van der Waals surface area (Å²) in [5, 5.41) is 6.33. The minimum Gasteiger partial charge on any atom is -0.347 e. The molecule has 18 heavy (non-hydrogen) atoms. The average Bonchev–Trinajstić information content (AvgIpc) is 2.86. The van der Waals surface area contributed by atoms with Crippen LogP contribution in [0, 0.1) is 0 Å². The second-order valence-corrected chi connectivity index (χ2v) is 5.03. The van der Waals surface area contributed by atoms with Crippen molar-refractivity contribution in [2.75, 3.05) is 25.5 Å². The highest BCUT2D eigenvalue weighted by Crippen LogP contribution is 2.20. The van der Waals surface area contributed by atoms with Crippen molar-refractivity contribution < 1.29 is 0 Å². The number of likely N-dealkylation sites (N-methyl/N-ethyl adjacent to an activating group) is 1. The summed E-state index contributed by atoms with van der Waals surface area (Å²) in [6.45, 7) is 1.81. The minimum atomic E-state index is 0.840. The van der Waals surface area contributed by atoms with Crippen LogP contribution in [-0.2, 0) is 13.0 Å². The summed E-state index contributed by atoms with van der Waals surface area (Å²) < 4.78 is 0. The van der Waals surface area contributed by atoms with E-state index in [1.165, 1.54) is 5.56 Å². The Hall–Kier alpha value is -1.46. The second-order valence-electron chi connectivity index (χ2n) is 4.19. The largest absolute Gasteiger partial charge is 0.347 e. The lowest BCUT2D eigenvalue weighted by Crippen LogP contribution is -2.16. The minimum absolute atomic E-state index is 0.840. The third-order valence-corrected chi connectivity index (χ3v) is 3.64. The Morgan fingerprint density at radius 1 is 1.44 bits per heavy atom. The molecule has 96 valence electrons. The number of anilines is 1. The van der Waals surface area contributed by atoms with Gasteiger partial charge in [0.2, 0.25) is 0 Å². The standard InChI is InChI=1S/C13H18N4S/c1-14-7-5-12-10-18-13(16-12)17(2)9-11-4-3-6-15-8-11/h3-4,6,8,10,14H,5,7,9H2,1-2H3. The molecule has 0 fully saturated rings.